The largest absolute Gasteiger partial charge is 0.390 e. The van der Waals surface area contributed by atoms with E-state index in [-0.39, 0.29) is 5.92 Å². The van der Waals surface area contributed by atoms with Crippen LogP contribution in [0.4, 0.5) is 0 Å². The van der Waals surface area contributed by atoms with E-state index in [4.69, 9.17) is 0 Å². The topological polar surface area (TPSA) is 60.7 Å². The lowest BCUT2D eigenvalue weighted by Crippen LogP contribution is -2.66. The molecule has 2 fully saturated rings. The van der Waals surface area contributed by atoms with Crippen molar-refractivity contribution in [2.75, 3.05) is 0 Å². The van der Waals surface area contributed by atoms with Crippen LogP contribution in [0.25, 0.3) is 0 Å². The molecule has 18 heavy (non-hydrogen) atoms. The van der Waals surface area contributed by atoms with Gasteiger partial charge in [0.2, 0.25) is 0 Å². The summed E-state index contributed by atoms with van der Waals surface area (Å²) in [6, 6.07) is 0. The van der Waals surface area contributed by atoms with Crippen molar-refractivity contribution in [3.05, 3.63) is 12.2 Å². The molecule has 2 rings (SSSR count). The zero-order valence-electron chi connectivity index (χ0n) is 11.7. The van der Waals surface area contributed by atoms with Crippen molar-refractivity contribution >= 4 is 0 Å². The molecular weight excluding hydrogens is 228 g/mol. The minimum absolute atomic E-state index is 0.00282. The highest BCUT2D eigenvalue weighted by Crippen LogP contribution is 2.57. The molecular formula is C15H26O3. The number of aliphatic hydroxyl groups is 3. The Morgan fingerprint density at radius 3 is 2.50 bits per heavy atom. The van der Waals surface area contributed by atoms with Crippen molar-refractivity contribution in [1.29, 1.82) is 0 Å². The van der Waals surface area contributed by atoms with Crippen molar-refractivity contribution in [2.24, 2.45) is 17.3 Å². The van der Waals surface area contributed by atoms with Gasteiger partial charge < -0.3 is 15.3 Å². The molecule has 104 valence electrons. The first-order valence-electron chi connectivity index (χ1n) is 6.96. The predicted octanol–water partition coefficient (Wildman–Crippen LogP) is 1.86. The molecule has 2 aliphatic carbocycles. The smallest absolute Gasteiger partial charge is 0.0880 e. The van der Waals surface area contributed by atoms with Gasteiger partial charge in [-0.1, -0.05) is 26.0 Å². The lowest BCUT2D eigenvalue weighted by atomic mass is 9.50. The van der Waals surface area contributed by atoms with Crippen molar-refractivity contribution in [3.63, 3.8) is 0 Å². The van der Waals surface area contributed by atoms with Gasteiger partial charge in [-0.2, -0.15) is 0 Å². The van der Waals surface area contributed by atoms with E-state index in [0.717, 1.165) is 18.4 Å². The van der Waals surface area contributed by atoms with Gasteiger partial charge in [0.1, 0.15) is 0 Å². The van der Waals surface area contributed by atoms with E-state index >= 15 is 0 Å². The number of rotatable bonds is 1. The van der Waals surface area contributed by atoms with Crippen LogP contribution in [0, 0.1) is 17.3 Å². The number of fused-ring (bicyclic) bond motifs is 1. The third-order valence-corrected chi connectivity index (χ3v) is 5.68. The summed E-state index contributed by atoms with van der Waals surface area (Å²) < 4.78 is 0. The van der Waals surface area contributed by atoms with E-state index in [1.165, 1.54) is 0 Å². The van der Waals surface area contributed by atoms with Crippen LogP contribution >= 0.6 is 0 Å². The summed E-state index contributed by atoms with van der Waals surface area (Å²) >= 11 is 0. The fourth-order valence-corrected chi connectivity index (χ4v) is 4.10. The maximum absolute atomic E-state index is 11.1. The summed E-state index contributed by atoms with van der Waals surface area (Å²) in [5.74, 6) is 0.330. The SMILES string of the molecule is C=C(C)C1CCC2(C)C(O)C(O)CC(C)C2(O)C1. The van der Waals surface area contributed by atoms with E-state index in [2.05, 4.69) is 6.58 Å². The Bertz CT molecular complexity index is 354. The molecule has 3 nitrogen and oxygen atoms in total. The number of allylic oxidation sites excluding steroid dienone is 1. The number of hydrogen-bond acceptors (Lipinski definition) is 3. The molecule has 2 aliphatic rings. The molecule has 0 aromatic rings. The summed E-state index contributed by atoms with van der Waals surface area (Å²) in [6.45, 7) is 9.92. The Morgan fingerprint density at radius 2 is 1.94 bits per heavy atom. The average Bonchev–Trinajstić information content (AvgIpc) is 2.29. The van der Waals surface area contributed by atoms with Crippen LogP contribution in [0.1, 0.15) is 46.5 Å². The molecule has 0 aromatic heterocycles. The molecule has 0 saturated heterocycles. The second kappa shape index (κ2) is 4.32. The summed E-state index contributed by atoms with van der Waals surface area (Å²) in [7, 11) is 0. The summed E-state index contributed by atoms with van der Waals surface area (Å²) in [4.78, 5) is 0. The molecule has 3 heteroatoms. The molecule has 0 aliphatic heterocycles. The van der Waals surface area contributed by atoms with Crippen LogP contribution in [-0.4, -0.2) is 33.1 Å². The van der Waals surface area contributed by atoms with Crippen molar-refractivity contribution in [3.8, 4) is 0 Å². The summed E-state index contributed by atoms with van der Waals surface area (Å²) in [5, 5.41) is 31.4. The van der Waals surface area contributed by atoms with Crippen LogP contribution in [-0.2, 0) is 0 Å². The fraction of sp³-hybridized carbons (Fsp3) is 0.867. The third kappa shape index (κ3) is 1.75. The third-order valence-electron chi connectivity index (χ3n) is 5.68. The fourth-order valence-electron chi connectivity index (χ4n) is 4.10. The van der Waals surface area contributed by atoms with Crippen LogP contribution < -0.4 is 0 Å². The van der Waals surface area contributed by atoms with Gasteiger partial charge in [0.15, 0.2) is 0 Å². The van der Waals surface area contributed by atoms with Crippen LogP contribution in [0.5, 0.6) is 0 Å². The first kappa shape index (κ1) is 14.0. The van der Waals surface area contributed by atoms with Crippen molar-refractivity contribution in [1.82, 2.24) is 0 Å². The highest BCUT2D eigenvalue weighted by molar-refractivity contribution is 5.15. The van der Waals surface area contributed by atoms with E-state index < -0.39 is 23.2 Å². The minimum atomic E-state index is -0.895. The van der Waals surface area contributed by atoms with Gasteiger partial charge in [-0.15, -0.1) is 0 Å². The highest BCUT2D eigenvalue weighted by atomic mass is 16.3. The average molecular weight is 254 g/mol. The Morgan fingerprint density at radius 1 is 1.33 bits per heavy atom. The van der Waals surface area contributed by atoms with Crippen LogP contribution in [0.2, 0.25) is 0 Å². The quantitative estimate of drug-likeness (QED) is 0.626. The number of hydrogen-bond donors (Lipinski definition) is 3. The lowest BCUT2D eigenvalue weighted by Gasteiger charge is -2.60. The Balaban J connectivity index is 2.35. The van der Waals surface area contributed by atoms with Gasteiger partial charge in [0.25, 0.3) is 0 Å². The molecule has 2 saturated carbocycles. The Hall–Kier alpha value is -0.380. The van der Waals surface area contributed by atoms with Gasteiger partial charge in [0.05, 0.1) is 17.8 Å². The highest BCUT2D eigenvalue weighted by Gasteiger charge is 2.61. The first-order valence-corrected chi connectivity index (χ1v) is 6.96. The van der Waals surface area contributed by atoms with E-state index in [1.54, 1.807) is 0 Å². The standard InChI is InChI=1S/C15H26O3/c1-9(2)11-5-6-14(4)13(17)12(16)7-10(3)15(14,18)8-11/h10-13,16-18H,1,5-8H2,2-4H3. The zero-order valence-corrected chi connectivity index (χ0v) is 11.7. The van der Waals surface area contributed by atoms with E-state index in [0.29, 0.717) is 18.8 Å². The van der Waals surface area contributed by atoms with E-state index in [1.807, 2.05) is 20.8 Å². The van der Waals surface area contributed by atoms with E-state index in [9.17, 15) is 15.3 Å². The summed E-state index contributed by atoms with van der Waals surface area (Å²) in [5.41, 5.74) is -0.387. The Kier molecular flexibility index (Phi) is 3.37. The molecule has 0 aromatic carbocycles. The van der Waals surface area contributed by atoms with Crippen LogP contribution in [0.15, 0.2) is 12.2 Å². The van der Waals surface area contributed by atoms with Crippen LogP contribution in [0.3, 0.4) is 0 Å². The van der Waals surface area contributed by atoms with Crippen molar-refractivity contribution in [2.45, 2.75) is 64.3 Å². The minimum Gasteiger partial charge on any atom is -0.390 e. The van der Waals surface area contributed by atoms with Gasteiger partial charge in [0, 0.05) is 5.41 Å². The molecule has 0 bridgehead atoms. The molecule has 0 amide bonds. The molecule has 6 atom stereocenters. The molecule has 3 N–H and O–H groups in total. The first-order chi connectivity index (χ1) is 8.22. The maximum atomic E-state index is 11.1. The van der Waals surface area contributed by atoms with Gasteiger partial charge >= 0.3 is 0 Å². The number of aliphatic hydroxyl groups excluding tert-OH is 2. The summed E-state index contributed by atoms with van der Waals surface area (Å²) in [6.07, 6.45) is 1.25. The predicted molar refractivity (Wildman–Crippen MR) is 71.0 cm³/mol. The second-order valence-corrected chi connectivity index (χ2v) is 6.78. The lowest BCUT2D eigenvalue weighted by molar-refractivity contribution is -0.246. The van der Waals surface area contributed by atoms with Gasteiger partial charge in [-0.3, -0.25) is 0 Å². The van der Waals surface area contributed by atoms with Crippen molar-refractivity contribution < 1.29 is 15.3 Å². The monoisotopic (exact) mass is 254 g/mol. The normalized spacial score (nSPS) is 52.8. The molecule has 0 spiro atoms. The zero-order chi connectivity index (χ0) is 13.7. The molecule has 0 radical (unpaired) electrons. The molecule has 0 heterocycles. The molecule has 6 unspecified atom stereocenters. The second-order valence-electron chi connectivity index (χ2n) is 6.78. The Labute approximate surface area is 110 Å². The van der Waals surface area contributed by atoms with Gasteiger partial charge in [-0.25, -0.2) is 0 Å². The van der Waals surface area contributed by atoms with Gasteiger partial charge in [-0.05, 0) is 44.4 Å². The maximum Gasteiger partial charge on any atom is 0.0880 e.